The molecule has 0 atom stereocenters. The molecule has 0 heterocycles. The van der Waals surface area contributed by atoms with Gasteiger partial charge in [-0.1, -0.05) is 0 Å². The number of aromatic hydroxyl groups is 1. The van der Waals surface area contributed by atoms with E-state index in [0.717, 1.165) is 19.6 Å². The number of halogens is 1. The monoisotopic (exact) mass is 280 g/mol. The molecule has 0 aliphatic rings. The molecule has 1 nitrogen and oxygen atoms in total. The first-order valence-electron chi connectivity index (χ1n) is 3.21. The highest BCUT2D eigenvalue weighted by molar-refractivity contribution is 14.1. The fraction of sp³-hybridized carbons (Fsp3) is 0.250. The number of phenolic OH excluding ortho intramolecular Hbond substituents is 1. The first-order chi connectivity index (χ1) is 5.04. The number of hydrogen-bond acceptors (Lipinski definition) is 2. The zero-order valence-corrected chi connectivity index (χ0v) is 9.40. The minimum absolute atomic E-state index is 0.357. The van der Waals surface area contributed by atoms with Crippen molar-refractivity contribution in [1.29, 1.82) is 0 Å². The fourth-order valence-electron chi connectivity index (χ4n) is 0.914. The smallest absolute Gasteiger partial charge is 0.122 e. The van der Waals surface area contributed by atoms with Gasteiger partial charge in [0.05, 0.1) is 0 Å². The van der Waals surface area contributed by atoms with Gasteiger partial charge in [-0.15, -0.1) is 12.6 Å². The molecule has 0 saturated carbocycles. The molecule has 0 fully saturated rings. The lowest BCUT2D eigenvalue weighted by Gasteiger charge is -2.07. The Balaban J connectivity index is 3.46. The Labute approximate surface area is 85.4 Å². The van der Waals surface area contributed by atoms with Gasteiger partial charge in [0.1, 0.15) is 5.75 Å². The van der Waals surface area contributed by atoms with Crippen molar-refractivity contribution < 1.29 is 5.11 Å². The molecule has 3 heteroatoms. The first kappa shape index (κ1) is 9.19. The summed E-state index contributed by atoms with van der Waals surface area (Å²) in [6.45, 7) is 3.75. The van der Waals surface area contributed by atoms with Crippen LogP contribution >= 0.6 is 35.2 Å². The largest absolute Gasteiger partial charge is 0.507 e. The maximum Gasteiger partial charge on any atom is 0.122 e. The van der Waals surface area contributed by atoms with Crippen molar-refractivity contribution in [2.24, 2.45) is 0 Å². The van der Waals surface area contributed by atoms with Crippen LogP contribution in [0.25, 0.3) is 0 Å². The number of phenols is 1. The van der Waals surface area contributed by atoms with Gasteiger partial charge in [-0.2, -0.15) is 0 Å². The molecule has 60 valence electrons. The molecule has 1 N–H and O–H groups in total. The van der Waals surface area contributed by atoms with Gasteiger partial charge in [0, 0.05) is 14.0 Å². The van der Waals surface area contributed by atoms with Crippen molar-refractivity contribution in [1.82, 2.24) is 0 Å². The van der Waals surface area contributed by atoms with Crippen LogP contribution in [-0.2, 0) is 0 Å². The highest BCUT2D eigenvalue weighted by Crippen LogP contribution is 2.30. The molecule has 0 spiro atoms. The predicted octanol–water partition coefficient (Wildman–Crippen LogP) is 2.90. The van der Waals surface area contributed by atoms with Crippen LogP contribution in [0.3, 0.4) is 0 Å². The minimum Gasteiger partial charge on any atom is -0.507 e. The third kappa shape index (κ3) is 1.64. The summed E-state index contributed by atoms with van der Waals surface area (Å²) in [5.41, 5.74) is 1.77. The highest BCUT2D eigenvalue weighted by atomic mass is 127. The number of aryl methyl sites for hydroxylation is 1. The average Bonchev–Trinajstić information content (AvgIpc) is 1.97. The van der Waals surface area contributed by atoms with E-state index in [-0.39, 0.29) is 0 Å². The van der Waals surface area contributed by atoms with E-state index in [9.17, 15) is 5.11 Å². The number of thiol groups is 1. The summed E-state index contributed by atoms with van der Waals surface area (Å²) in [4.78, 5) is 0.869. The zero-order valence-electron chi connectivity index (χ0n) is 6.35. The summed E-state index contributed by atoms with van der Waals surface area (Å²) in [5.74, 6) is 0.357. The lowest BCUT2D eigenvalue weighted by atomic mass is 10.1. The zero-order chi connectivity index (χ0) is 8.59. The van der Waals surface area contributed by atoms with E-state index in [0.29, 0.717) is 5.75 Å². The Hall–Kier alpha value is 0.1000. The third-order valence-corrected chi connectivity index (χ3v) is 3.51. The maximum absolute atomic E-state index is 9.46. The van der Waals surface area contributed by atoms with Crippen LogP contribution in [-0.4, -0.2) is 5.11 Å². The quantitative estimate of drug-likeness (QED) is 0.553. The van der Waals surface area contributed by atoms with Gasteiger partial charge in [-0.3, -0.25) is 0 Å². The predicted molar refractivity (Wildman–Crippen MR) is 57.5 cm³/mol. The molecule has 0 aromatic heterocycles. The van der Waals surface area contributed by atoms with Crippen LogP contribution in [0, 0.1) is 17.4 Å². The normalized spacial score (nSPS) is 10.2. The van der Waals surface area contributed by atoms with E-state index in [1.165, 1.54) is 0 Å². The molecule has 0 aliphatic heterocycles. The van der Waals surface area contributed by atoms with E-state index in [1.807, 2.05) is 19.9 Å². The Bertz CT molecular complexity index is 270. The van der Waals surface area contributed by atoms with Crippen LogP contribution in [0.1, 0.15) is 11.1 Å². The molecule has 0 amide bonds. The summed E-state index contributed by atoms with van der Waals surface area (Å²) >= 11 is 6.47. The lowest BCUT2D eigenvalue weighted by molar-refractivity contribution is 0.464. The van der Waals surface area contributed by atoms with Gasteiger partial charge in [0.15, 0.2) is 0 Å². The second-order valence-electron chi connectivity index (χ2n) is 2.50. The SMILES string of the molecule is Cc1cc(I)c(S)c(C)c1O. The highest BCUT2D eigenvalue weighted by Gasteiger charge is 2.06. The molecule has 0 bridgehead atoms. The second-order valence-corrected chi connectivity index (χ2v) is 4.11. The fourth-order valence-corrected chi connectivity index (χ4v) is 1.96. The molecule has 1 aromatic carbocycles. The van der Waals surface area contributed by atoms with Gasteiger partial charge in [-0.25, -0.2) is 0 Å². The molecule has 0 unspecified atom stereocenters. The summed E-state index contributed by atoms with van der Waals surface area (Å²) in [6.07, 6.45) is 0. The second kappa shape index (κ2) is 3.23. The molecule has 0 saturated heterocycles. The molecule has 1 aromatic rings. The van der Waals surface area contributed by atoms with Crippen molar-refractivity contribution in [3.63, 3.8) is 0 Å². The van der Waals surface area contributed by atoms with Crippen LogP contribution in [0.5, 0.6) is 5.75 Å². The van der Waals surface area contributed by atoms with Gasteiger partial charge in [-0.05, 0) is 48.1 Å². The summed E-state index contributed by atoms with van der Waals surface area (Å²) < 4.78 is 1.08. The number of benzene rings is 1. The van der Waals surface area contributed by atoms with Crippen LogP contribution in [0.2, 0.25) is 0 Å². The van der Waals surface area contributed by atoms with E-state index in [4.69, 9.17) is 0 Å². The Morgan fingerprint density at radius 3 is 2.55 bits per heavy atom. The Kier molecular flexibility index (Phi) is 2.70. The summed E-state index contributed by atoms with van der Waals surface area (Å²) in [6, 6.07) is 1.92. The summed E-state index contributed by atoms with van der Waals surface area (Å²) in [5, 5.41) is 9.46. The van der Waals surface area contributed by atoms with Crippen molar-refractivity contribution in [3.05, 3.63) is 20.8 Å². The topological polar surface area (TPSA) is 20.2 Å². The van der Waals surface area contributed by atoms with Gasteiger partial charge < -0.3 is 5.11 Å². The van der Waals surface area contributed by atoms with E-state index in [1.54, 1.807) is 0 Å². The summed E-state index contributed by atoms with van der Waals surface area (Å²) in [7, 11) is 0. The Morgan fingerprint density at radius 1 is 1.45 bits per heavy atom. The van der Waals surface area contributed by atoms with Crippen LogP contribution in [0.15, 0.2) is 11.0 Å². The molecule has 11 heavy (non-hydrogen) atoms. The van der Waals surface area contributed by atoms with Gasteiger partial charge in [0.2, 0.25) is 0 Å². The van der Waals surface area contributed by atoms with Crippen molar-refractivity contribution in [3.8, 4) is 5.75 Å². The first-order valence-corrected chi connectivity index (χ1v) is 4.74. The number of rotatable bonds is 0. The standard InChI is InChI=1S/C8H9IOS/c1-4-3-6(9)8(11)5(2)7(4)10/h3,10-11H,1-2H3. The molecule has 1 rings (SSSR count). The molecular formula is C8H9IOS. The number of hydrogen-bond donors (Lipinski definition) is 2. The van der Waals surface area contributed by atoms with Gasteiger partial charge in [0.25, 0.3) is 0 Å². The van der Waals surface area contributed by atoms with E-state index >= 15 is 0 Å². The molecule has 0 radical (unpaired) electrons. The van der Waals surface area contributed by atoms with Crippen molar-refractivity contribution in [2.45, 2.75) is 18.7 Å². The maximum atomic E-state index is 9.46. The van der Waals surface area contributed by atoms with E-state index < -0.39 is 0 Å². The Morgan fingerprint density at radius 2 is 2.00 bits per heavy atom. The lowest BCUT2D eigenvalue weighted by Crippen LogP contribution is -1.86. The minimum atomic E-state index is 0.357. The van der Waals surface area contributed by atoms with Crippen molar-refractivity contribution in [2.75, 3.05) is 0 Å². The third-order valence-electron chi connectivity index (χ3n) is 1.65. The van der Waals surface area contributed by atoms with Crippen LogP contribution < -0.4 is 0 Å². The molecule has 0 aliphatic carbocycles. The molecular weight excluding hydrogens is 271 g/mol. The van der Waals surface area contributed by atoms with Crippen LogP contribution in [0.4, 0.5) is 0 Å². The van der Waals surface area contributed by atoms with E-state index in [2.05, 4.69) is 35.2 Å². The van der Waals surface area contributed by atoms with Gasteiger partial charge >= 0.3 is 0 Å². The van der Waals surface area contributed by atoms with Crippen molar-refractivity contribution >= 4 is 35.2 Å². The average molecular weight is 280 g/mol.